The number of nitrogens with one attached hydrogen (secondary N) is 1. The van der Waals surface area contributed by atoms with Crippen molar-refractivity contribution in [2.24, 2.45) is 0 Å². The lowest BCUT2D eigenvalue weighted by Gasteiger charge is -2.19. The summed E-state index contributed by atoms with van der Waals surface area (Å²) in [6, 6.07) is 0. The van der Waals surface area contributed by atoms with Crippen LogP contribution in [0.5, 0.6) is 0 Å². The first-order valence-corrected chi connectivity index (χ1v) is 22.1. The smallest absolute Gasteiger partial charge is 0.407 e. The van der Waals surface area contributed by atoms with Gasteiger partial charge in [-0.15, -0.1) is 0 Å². The number of alkyl carbamates (subject to hydrolysis) is 1. The van der Waals surface area contributed by atoms with Crippen LogP contribution in [0.2, 0.25) is 0 Å². The number of hydrogen-bond acceptors (Lipinski definition) is 7. The quantitative estimate of drug-likeness (QED) is 0.0289. The molecule has 8 nitrogen and oxygen atoms in total. The van der Waals surface area contributed by atoms with Gasteiger partial charge in [-0.3, -0.25) is 9.59 Å². The van der Waals surface area contributed by atoms with E-state index in [9.17, 15) is 14.4 Å². The van der Waals surface area contributed by atoms with Crippen molar-refractivity contribution in [1.82, 2.24) is 10.2 Å². The number of hydrogen-bond donors (Lipinski definition) is 1. The highest BCUT2D eigenvalue weighted by molar-refractivity contribution is 5.70. The third kappa shape index (κ3) is 40.7. The second kappa shape index (κ2) is 40.8. The Balaban J connectivity index is 4.25. The fourth-order valence-corrected chi connectivity index (χ4v) is 6.11. The molecule has 0 aromatic rings. The molecular weight excluding hydrogens is 665 g/mol. The van der Waals surface area contributed by atoms with Crippen LogP contribution in [0.15, 0.2) is 24.3 Å². The molecule has 0 radical (unpaired) electrons. The first-order chi connectivity index (χ1) is 25.9. The highest BCUT2D eigenvalue weighted by Crippen LogP contribution is 2.13. The van der Waals surface area contributed by atoms with E-state index < -0.39 is 12.2 Å². The van der Waals surface area contributed by atoms with Crippen LogP contribution < -0.4 is 5.32 Å². The monoisotopic (exact) mass is 749 g/mol. The maximum absolute atomic E-state index is 12.7. The average molecular weight is 749 g/mol. The predicted molar refractivity (Wildman–Crippen MR) is 222 cm³/mol. The molecule has 0 rings (SSSR count). The normalized spacial score (nSPS) is 12.2. The summed E-state index contributed by atoms with van der Waals surface area (Å²) in [5.41, 5.74) is 0. The molecule has 310 valence electrons. The minimum Gasteiger partial charge on any atom is -0.462 e. The summed E-state index contributed by atoms with van der Waals surface area (Å²) in [5, 5.41) is 2.67. The number of nitrogens with zero attached hydrogens (tertiary/aromatic N) is 1. The van der Waals surface area contributed by atoms with E-state index in [0.29, 0.717) is 19.4 Å². The molecule has 0 spiro atoms. The molecule has 8 heteroatoms. The number of esters is 2. The molecule has 0 fully saturated rings. The fraction of sp³-hybridized carbons (Fsp3) is 0.844. The Bertz CT molecular complexity index is 890. The topological polar surface area (TPSA) is 94.2 Å². The molecular formula is C45H84N2O6. The van der Waals surface area contributed by atoms with E-state index in [1.54, 1.807) is 0 Å². The lowest BCUT2D eigenvalue weighted by molar-refractivity contribution is -0.158. The highest BCUT2D eigenvalue weighted by Gasteiger charge is 2.18. The zero-order valence-electron chi connectivity index (χ0n) is 35.1. The summed E-state index contributed by atoms with van der Waals surface area (Å²) in [4.78, 5) is 39.4. The van der Waals surface area contributed by atoms with Gasteiger partial charge in [-0.2, -0.15) is 0 Å². The molecule has 1 amide bonds. The third-order valence-electron chi connectivity index (χ3n) is 9.47. The maximum atomic E-state index is 12.7. The molecule has 0 aliphatic carbocycles. The highest BCUT2D eigenvalue weighted by atomic mass is 16.6. The lowest BCUT2D eigenvalue weighted by atomic mass is 10.1. The standard InChI is InChI=1S/C45H84N2O6/c1-5-7-9-11-13-15-17-19-21-23-25-27-29-31-33-36-43(48)52-41-42(40-46-45(50)51-39-35-38-47(3)4)53-44(49)37-34-32-30-28-26-24-22-20-18-16-14-12-10-8-6-2/h19-22,42H,5-18,23-41H2,1-4H3,(H,46,50)/b21-19-,22-20-. The van der Waals surface area contributed by atoms with E-state index >= 15 is 0 Å². The van der Waals surface area contributed by atoms with Gasteiger partial charge in [0.15, 0.2) is 6.10 Å². The average Bonchev–Trinajstić information content (AvgIpc) is 3.14. The lowest BCUT2D eigenvalue weighted by Crippen LogP contribution is -2.38. The summed E-state index contributed by atoms with van der Waals surface area (Å²) < 4.78 is 16.4. The van der Waals surface area contributed by atoms with Crippen LogP contribution in [-0.4, -0.2) is 69.4 Å². The molecule has 1 atom stereocenters. The zero-order chi connectivity index (χ0) is 38.9. The number of ether oxygens (including phenoxy) is 3. The van der Waals surface area contributed by atoms with Gasteiger partial charge in [0.05, 0.1) is 13.2 Å². The van der Waals surface area contributed by atoms with Gasteiger partial charge in [0, 0.05) is 19.4 Å². The van der Waals surface area contributed by atoms with Crippen molar-refractivity contribution in [2.75, 3.05) is 40.4 Å². The van der Waals surface area contributed by atoms with E-state index in [1.807, 2.05) is 19.0 Å². The van der Waals surface area contributed by atoms with Gasteiger partial charge in [-0.05, 0) is 84.7 Å². The Hall–Kier alpha value is -2.35. The van der Waals surface area contributed by atoms with Gasteiger partial charge in [-0.1, -0.05) is 141 Å². The SMILES string of the molecule is CCCCCCCC/C=C\CCCCCCCC(=O)OCC(CNC(=O)OCCCN(C)C)OC(=O)CCCCCCC/C=C\CCCCCCCC. The van der Waals surface area contributed by atoms with Crippen molar-refractivity contribution in [3.8, 4) is 0 Å². The summed E-state index contributed by atoms with van der Waals surface area (Å²) in [6.45, 7) is 5.58. The Morgan fingerprint density at radius 1 is 0.528 bits per heavy atom. The van der Waals surface area contributed by atoms with Gasteiger partial charge in [0.2, 0.25) is 0 Å². The minimum absolute atomic E-state index is 0.0330. The predicted octanol–water partition coefficient (Wildman–Crippen LogP) is 12.2. The zero-order valence-corrected chi connectivity index (χ0v) is 35.1. The van der Waals surface area contributed by atoms with Gasteiger partial charge < -0.3 is 24.4 Å². The number of unbranched alkanes of at least 4 members (excludes halogenated alkanes) is 22. The summed E-state index contributed by atoms with van der Waals surface area (Å²) >= 11 is 0. The van der Waals surface area contributed by atoms with E-state index in [0.717, 1.165) is 70.8 Å². The molecule has 0 aromatic heterocycles. The van der Waals surface area contributed by atoms with E-state index in [4.69, 9.17) is 14.2 Å². The van der Waals surface area contributed by atoms with Gasteiger partial charge in [0.25, 0.3) is 0 Å². The largest absolute Gasteiger partial charge is 0.462 e. The number of amides is 1. The van der Waals surface area contributed by atoms with Crippen molar-refractivity contribution in [1.29, 1.82) is 0 Å². The van der Waals surface area contributed by atoms with Crippen LogP contribution in [0, 0.1) is 0 Å². The van der Waals surface area contributed by atoms with Crippen LogP contribution in [0.4, 0.5) is 4.79 Å². The van der Waals surface area contributed by atoms with Gasteiger partial charge in [-0.25, -0.2) is 4.79 Å². The van der Waals surface area contributed by atoms with Crippen molar-refractivity contribution >= 4 is 18.0 Å². The van der Waals surface area contributed by atoms with Gasteiger partial charge >= 0.3 is 18.0 Å². The molecule has 0 heterocycles. The first kappa shape index (κ1) is 50.6. The van der Waals surface area contributed by atoms with Crippen molar-refractivity contribution in [3.05, 3.63) is 24.3 Å². The molecule has 0 aliphatic rings. The molecule has 0 aromatic carbocycles. The number of rotatable bonds is 39. The second-order valence-electron chi connectivity index (χ2n) is 15.1. The van der Waals surface area contributed by atoms with Crippen LogP contribution in [-0.2, 0) is 23.8 Å². The number of allylic oxidation sites excluding steroid dienone is 4. The molecule has 0 bridgehead atoms. The molecule has 53 heavy (non-hydrogen) atoms. The van der Waals surface area contributed by atoms with Crippen molar-refractivity contribution in [3.63, 3.8) is 0 Å². The molecule has 0 saturated heterocycles. The summed E-state index contributed by atoms with van der Waals surface area (Å²) in [7, 11) is 3.93. The minimum atomic E-state index is -0.752. The molecule has 1 N–H and O–H groups in total. The van der Waals surface area contributed by atoms with E-state index in [-0.39, 0.29) is 25.1 Å². The van der Waals surface area contributed by atoms with Crippen LogP contribution in [0.25, 0.3) is 0 Å². The van der Waals surface area contributed by atoms with E-state index in [2.05, 4.69) is 43.5 Å². The summed E-state index contributed by atoms with van der Waals surface area (Å²) in [5.74, 6) is -0.630. The van der Waals surface area contributed by atoms with E-state index in [1.165, 1.54) is 109 Å². The Labute approximate surface area is 327 Å². The maximum Gasteiger partial charge on any atom is 0.407 e. The Morgan fingerprint density at radius 3 is 1.40 bits per heavy atom. The Morgan fingerprint density at radius 2 is 0.943 bits per heavy atom. The van der Waals surface area contributed by atoms with Crippen LogP contribution in [0.3, 0.4) is 0 Å². The molecule has 0 aliphatic heterocycles. The first-order valence-electron chi connectivity index (χ1n) is 22.1. The second-order valence-corrected chi connectivity index (χ2v) is 15.1. The van der Waals surface area contributed by atoms with Crippen molar-refractivity contribution < 1.29 is 28.6 Å². The van der Waals surface area contributed by atoms with Crippen LogP contribution in [0.1, 0.15) is 200 Å². The van der Waals surface area contributed by atoms with Crippen molar-refractivity contribution in [2.45, 2.75) is 206 Å². The molecule has 1 unspecified atom stereocenters. The summed E-state index contributed by atoms with van der Waals surface area (Å²) in [6.07, 6.45) is 40.5. The third-order valence-corrected chi connectivity index (χ3v) is 9.47. The number of carbonyl (C=O) groups excluding carboxylic acids is 3. The van der Waals surface area contributed by atoms with Gasteiger partial charge in [0.1, 0.15) is 6.61 Å². The Kier molecular flexibility index (Phi) is 39.0. The molecule has 0 saturated carbocycles. The van der Waals surface area contributed by atoms with Crippen LogP contribution >= 0.6 is 0 Å². The fourth-order valence-electron chi connectivity index (χ4n) is 6.11. The number of carbonyl (C=O) groups is 3.